The maximum atomic E-state index is 5.21. The van der Waals surface area contributed by atoms with E-state index >= 15 is 0 Å². The van der Waals surface area contributed by atoms with Gasteiger partial charge in [0.25, 0.3) is 0 Å². The summed E-state index contributed by atoms with van der Waals surface area (Å²) in [4.78, 5) is 4.09. The van der Waals surface area contributed by atoms with Gasteiger partial charge in [0.15, 0.2) is 5.75 Å². The Hall–Kier alpha value is -1.16. The average Bonchev–Trinajstić information content (AvgIpc) is 2.07. The van der Waals surface area contributed by atoms with Gasteiger partial charge in [0, 0.05) is 24.0 Å². The van der Waals surface area contributed by atoms with Crippen LogP contribution >= 0.6 is 12.2 Å². The van der Waals surface area contributed by atoms with E-state index in [0.29, 0.717) is 6.61 Å². The van der Waals surface area contributed by atoms with E-state index in [1.54, 1.807) is 6.20 Å². The van der Waals surface area contributed by atoms with E-state index in [2.05, 4.69) is 4.98 Å². The first-order valence-electron chi connectivity index (χ1n) is 3.56. The van der Waals surface area contributed by atoms with E-state index in [1.807, 2.05) is 13.0 Å². The molecule has 0 bridgehead atoms. The number of thiocarbonyl (C=S) groups is 1. The van der Waals surface area contributed by atoms with Crippen molar-refractivity contribution in [1.29, 1.82) is 0 Å². The van der Waals surface area contributed by atoms with Crippen LogP contribution in [0.3, 0.4) is 0 Å². The maximum Gasteiger partial charge on any atom is 0.358 e. The molecule has 1 aromatic heterocycles. The summed E-state index contributed by atoms with van der Waals surface area (Å²) in [5.74, 6) is 0.744. The number of hydrogen-bond donors (Lipinski definition) is 0. The van der Waals surface area contributed by atoms with Crippen molar-refractivity contribution >= 4 is 17.5 Å². The van der Waals surface area contributed by atoms with Crippen molar-refractivity contribution in [2.75, 3.05) is 0 Å². The fraction of sp³-hybridized carbons (Fsp3) is 0.250. The molecule has 0 saturated carbocycles. The van der Waals surface area contributed by atoms with E-state index in [4.69, 9.17) is 21.7 Å². The fourth-order valence-corrected chi connectivity index (χ4v) is 1.25. The number of aromatic nitrogens is 1. The number of hydrogen-bond acceptors (Lipinski definition) is 4. The highest BCUT2D eigenvalue weighted by Gasteiger charge is 2.17. The minimum atomic E-state index is 0.179. The number of rotatable bonds is 0. The molecule has 1 aromatic rings. The Morgan fingerprint density at radius 1 is 1.58 bits per heavy atom. The van der Waals surface area contributed by atoms with Crippen molar-refractivity contribution in [3.63, 3.8) is 0 Å². The summed E-state index contributed by atoms with van der Waals surface area (Å²) >= 11 is 4.77. The Morgan fingerprint density at radius 3 is 3.25 bits per heavy atom. The average molecular weight is 181 g/mol. The molecule has 0 radical (unpaired) electrons. The number of ether oxygens (including phenoxy) is 2. The van der Waals surface area contributed by atoms with Gasteiger partial charge in [0.1, 0.15) is 6.61 Å². The molecule has 0 spiro atoms. The summed E-state index contributed by atoms with van der Waals surface area (Å²) in [6.45, 7) is 2.37. The Bertz CT molecular complexity index is 338. The van der Waals surface area contributed by atoms with Gasteiger partial charge in [0.2, 0.25) is 0 Å². The summed E-state index contributed by atoms with van der Waals surface area (Å²) < 4.78 is 10.3. The lowest BCUT2D eigenvalue weighted by Gasteiger charge is -2.18. The molecule has 1 aliphatic heterocycles. The van der Waals surface area contributed by atoms with Crippen LogP contribution in [0.1, 0.15) is 11.3 Å². The van der Waals surface area contributed by atoms with Crippen LogP contribution in [0.5, 0.6) is 5.75 Å². The molecular weight excluding hydrogens is 174 g/mol. The SMILES string of the molecule is Cc1nccc2c1OC(=S)OC2. The van der Waals surface area contributed by atoms with Gasteiger partial charge in [-0.15, -0.1) is 0 Å². The third-order valence-corrected chi connectivity index (χ3v) is 1.90. The Labute approximate surface area is 75.3 Å². The minimum absolute atomic E-state index is 0.179. The summed E-state index contributed by atoms with van der Waals surface area (Å²) in [6, 6.07) is 1.87. The van der Waals surface area contributed by atoms with Crippen molar-refractivity contribution in [3.8, 4) is 5.75 Å². The van der Waals surface area contributed by atoms with E-state index < -0.39 is 0 Å². The highest BCUT2D eigenvalue weighted by molar-refractivity contribution is 7.79. The van der Waals surface area contributed by atoms with Crippen LogP contribution in [0.15, 0.2) is 12.3 Å². The second-order valence-electron chi connectivity index (χ2n) is 2.53. The van der Waals surface area contributed by atoms with Crippen molar-refractivity contribution in [2.24, 2.45) is 0 Å². The molecule has 0 aromatic carbocycles. The molecule has 0 fully saturated rings. The minimum Gasteiger partial charge on any atom is -0.452 e. The van der Waals surface area contributed by atoms with Gasteiger partial charge in [-0.05, 0) is 13.0 Å². The maximum absolute atomic E-state index is 5.21. The first kappa shape index (κ1) is 7.49. The van der Waals surface area contributed by atoms with Crippen molar-refractivity contribution in [2.45, 2.75) is 13.5 Å². The van der Waals surface area contributed by atoms with Crippen LogP contribution in [0.25, 0.3) is 0 Å². The predicted molar refractivity (Wildman–Crippen MR) is 47.0 cm³/mol. The third kappa shape index (κ3) is 1.14. The van der Waals surface area contributed by atoms with E-state index in [1.165, 1.54) is 0 Å². The lowest BCUT2D eigenvalue weighted by Crippen LogP contribution is -2.18. The highest BCUT2D eigenvalue weighted by Crippen LogP contribution is 2.26. The standard InChI is InChI=1S/C8H7NO2S/c1-5-7-6(2-3-9-5)4-10-8(12)11-7/h2-3H,4H2,1H3. The lowest BCUT2D eigenvalue weighted by atomic mass is 10.2. The number of fused-ring (bicyclic) bond motifs is 1. The molecule has 0 amide bonds. The van der Waals surface area contributed by atoms with Gasteiger partial charge < -0.3 is 9.47 Å². The Morgan fingerprint density at radius 2 is 2.42 bits per heavy atom. The summed E-state index contributed by atoms with van der Waals surface area (Å²) in [6.07, 6.45) is 1.73. The molecule has 0 atom stereocenters. The van der Waals surface area contributed by atoms with E-state index in [9.17, 15) is 0 Å². The smallest absolute Gasteiger partial charge is 0.358 e. The molecule has 0 N–H and O–H groups in total. The Balaban J connectivity index is 2.50. The van der Waals surface area contributed by atoms with Gasteiger partial charge in [-0.3, -0.25) is 4.98 Å². The Kier molecular flexibility index (Phi) is 1.69. The largest absolute Gasteiger partial charge is 0.452 e. The lowest BCUT2D eigenvalue weighted by molar-refractivity contribution is 0.209. The first-order chi connectivity index (χ1) is 5.77. The van der Waals surface area contributed by atoms with Crippen LogP contribution < -0.4 is 4.74 Å². The monoisotopic (exact) mass is 181 g/mol. The zero-order chi connectivity index (χ0) is 8.55. The molecule has 0 aliphatic carbocycles. The summed E-state index contributed by atoms with van der Waals surface area (Å²) in [7, 11) is 0. The van der Waals surface area contributed by atoms with E-state index in [0.717, 1.165) is 17.0 Å². The van der Waals surface area contributed by atoms with Crippen LogP contribution in [0, 0.1) is 6.92 Å². The number of nitrogens with zero attached hydrogens (tertiary/aromatic N) is 1. The summed E-state index contributed by atoms with van der Waals surface area (Å²) in [5, 5.41) is 0.179. The van der Waals surface area contributed by atoms with Crippen LogP contribution in [-0.4, -0.2) is 10.2 Å². The van der Waals surface area contributed by atoms with Gasteiger partial charge >= 0.3 is 5.24 Å². The number of aryl methyl sites for hydroxylation is 1. The number of pyridine rings is 1. The van der Waals surface area contributed by atoms with Gasteiger partial charge in [-0.1, -0.05) is 0 Å². The molecule has 3 nitrogen and oxygen atoms in total. The highest BCUT2D eigenvalue weighted by atomic mass is 32.1. The third-order valence-electron chi connectivity index (χ3n) is 1.70. The molecule has 4 heteroatoms. The second kappa shape index (κ2) is 2.71. The van der Waals surface area contributed by atoms with Crippen molar-refractivity contribution < 1.29 is 9.47 Å². The molecule has 2 heterocycles. The van der Waals surface area contributed by atoms with Crippen LogP contribution in [0.2, 0.25) is 0 Å². The normalized spacial score (nSPS) is 14.6. The first-order valence-corrected chi connectivity index (χ1v) is 3.97. The predicted octanol–water partition coefficient (Wildman–Crippen LogP) is 1.58. The van der Waals surface area contributed by atoms with Crippen molar-refractivity contribution in [3.05, 3.63) is 23.5 Å². The van der Waals surface area contributed by atoms with E-state index in [-0.39, 0.29) is 5.24 Å². The summed E-state index contributed by atoms with van der Waals surface area (Å²) in [5.41, 5.74) is 1.84. The fourth-order valence-electron chi connectivity index (χ4n) is 1.11. The zero-order valence-electron chi connectivity index (χ0n) is 6.53. The van der Waals surface area contributed by atoms with Crippen LogP contribution in [0.4, 0.5) is 0 Å². The molecule has 12 heavy (non-hydrogen) atoms. The zero-order valence-corrected chi connectivity index (χ0v) is 7.35. The molecule has 1 aliphatic rings. The van der Waals surface area contributed by atoms with Crippen molar-refractivity contribution in [1.82, 2.24) is 4.98 Å². The molecule has 0 unspecified atom stereocenters. The van der Waals surface area contributed by atoms with Gasteiger partial charge in [0.05, 0.1) is 5.69 Å². The van der Waals surface area contributed by atoms with Crippen LogP contribution in [-0.2, 0) is 11.3 Å². The molecular formula is C8H7NO2S. The topological polar surface area (TPSA) is 31.4 Å². The molecule has 62 valence electrons. The second-order valence-corrected chi connectivity index (χ2v) is 2.86. The molecule has 2 rings (SSSR count). The van der Waals surface area contributed by atoms with Gasteiger partial charge in [-0.25, -0.2) is 0 Å². The van der Waals surface area contributed by atoms with Gasteiger partial charge in [-0.2, -0.15) is 0 Å². The molecule has 0 saturated heterocycles. The quantitative estimate of drug-likeness (QED) is 0.569.